The summed E-state index contributed by atoms with van der Waals surface area (Å²) in [5.74, 6) is 0.0822. The van der Waals surface area contributed by atoms with E-state index in [0.717, 1.165) is 15.6 Å². The van der Waals surface area contributed by atoms with E-state index in [1.807, 2.05) is 11.8 Å². The van der Waals surface area contributed by atoms with Gasteiger partial charge in [-0.05, 0) is 5.25 Å². The Morgan fingerprint density at radius 1 is 1.71 bits per heavy atom. The SMILES string of the molecule is CC(C)SCc1ncc(CC(=O)O)s1. The molecular weight excluding hydrogens is 218 g/mol. The number of aromatic nitrogens is 1. The minimum atomic E-state index is -0.795. The van der Waals surface area contributed by atoms with Crippen LogP contribution in [0, 0.1) is 0 Å². The number of aliphatic carboxylic acids is 1. The maximum Gasteiger partial charge on any atom is 0.308 e. The van der Waals surface area contributed by atoms with Gasteiger partial charge in [0, 0.05) is 16.8 Å². The minimum absolute atomic E-state index is 0.0873. The van der Waals surface area contributed by atoms with E-state index in [1.54, 1.807) is 6.20 Å². The molecule has 1 aromatic heterocycles. The zero-order valence-electron chi connectivity index (χ0n) is 8.19. The van der Waals surface area contributed by atoms with Gasteiger partial charge in [-0.2, -0.15) is 11.8 Å². The van der Waals surface area contributed by atoms with Crippen molar-refractivity contribution in [2.24, 2.45) is 0 Å². The van der Waals surface area contributed by atoms with Gasteiger partial charge < -0.3 is 5.11 Å². The maximum absolute atomic E-state index is 10.4. The first-order chi connectivity index (χ1) is 6.58. The molecule has 5 heteroatoms. The number of rotatable bonds is 5. The molecule has 0 spiro atoms. The summed E-state index contributed by atoms with van der Waals surface area (Å²) in [6, 6.07) is 0. The van der Waals surface area contributed by atoms with E-state index in [-0.39, 0.29) is 6.42 Å². The van der Waals surface area contributed by atoms with Gasteiger partial charge in [-0.3, -0.25) is 4.79 Å². The smallest absolute Gasteiger partial charge is 0.308 e. The first kappa shape index (κ1) is 11.5. The Labute approximate surface area is 91.6 Å². The fraction of sp³-hybridized carbons (Fsp3) is 0.556. The molecule has 78 valence electrons. The molecule has 3 nitrogen and oxygen atoms in total. The van der Waals surface area contributed by atoms with Gasteiger partial charge in [0.25, 0.3) is 0 Å². The lowest BCUT2D eigenvalue weighted by Crippen LogP contribution is -1.97. The van der Waals surface area contributed by atoms with E-state index in [9.17, 15) is 4.79 Å². The van der Waals surface area contributed by atoms with E-state index >= 15 is 0 Å². The highest BCUT2D eigenvalue weighted by molar-refractivity contribution is 7.99. The van der Waals surface area contributed by atoms with Gasteiger partial charge >= 0.3 is 5.97 Å². The molecule has 0 saturated heterocycles. The summed E-state index contributed by atoms with van der Waals surface area (Å²) in [4.78, 5) is 15.4. The molecule has 0 aliphatic carbocycles. The fourth-order valence-electron chi connectivity index (χ4n) is 0.883. The summed E-state index contributed by atoms with van der Waals surface area (Å²) in [7, 11) is 0. The fourth-order valence-corrected chi connectivity index (χ4v) is 2.58. The molecule has 0 bridgehead atoms. The highest BCUT2D eigenvalue weighted by Crippen LogP contribution is 2.21. The van der Waals surface area contributed by atoms with Crippen LogP contribution in [0.1, 0.15) is 23.7 Å². The van der Waals surface area contributed by atoms with Crippen LogP contribution >= 0.6 is 23.1 Å². The van der Waals surface area contributed by atoms with Gasteiger partial charge in [0.2, 0.25) is 0 Å². The Balaban J connectivity index is 2.46. The molecule has 1 heterocycles. The molecule has 0 saturated carbocycles. The normalized spacial score (nSPS) is 10.8. The Morgan fingerprint density at radius 2 is 2.43 bits per heavy atom. The molecule has 0 aromatic carbocycles. The van der Waals surface area contributed by atoms with E-state index in [4.69, 9.17) is 5.11 Å². The van der Waals surface area contributed by atoms with E-state index in [0.29, 0.717) is 5.25 Å². The molecule has 0 unspecified atom stereocenters. The lowest BCUT2D eigenvalue weighted by Gasteiger charge is -2.00. The minimum Gasteiger partial charge on any atom is -0.481 e. The first-order valence-corrected chi connectivity index (χ1v) is 6.21. The molecule has 0 fully saturated rings. The lowest BCUT2D eigenvalue weighted by atomic mass is 10.4. The van der Waals surface area contributed by atoms with Crippen molar-refractivity contribution in [1.29, 1.82) is 0 Å². The summed E-state index contributed by atoms with van der Waals surface area (Å²) in [5, 5.41) is 10.2. The van der Waals surface area contributed by atoms with Gasteiger partial charge in [-0.25, -0.2) is 4.98 Å². The van der Waals surface area contributed by atoms with Crippen molar-refractivity contribution in [3.63, 3.8) is 0 Å². The van der Waals surface area contributed by atoms with Crippen LogP contribution < -0.4 is 0 Å². The van der Waals surface area contributed by atoms with E-state index in [2.05, 4.69) is 18.8 Å². The molecule has 14 heavy (non-hydrogen) atoms. The largest absolute Gasteiger partial charge is 0.481 e. The van der Waals surface area contributed by atoms with Crippen LogP contribution in [0.3, 0.4) is 0 Å². The highest BCUT2D eigenvalue weighted by Gasteiger charge is 2.06. The molecule has 0 aliphatic heterocycles. The van der Waals surface area contributed by atoms with Crippen LogP contribution in [0.25, 0.3) is 0 Å². The zero-order chi connectivity index (χ0) is 10.6. The summed E-state index contributed by atoms with van der Waals surface area (Å²) in [5.41, 5.74) is 0. The average molecular weight is 231 g/mol. The van der Waals surface area contributed by atoms with Gasteiger partial charge in [0.15, 0.2) is 0 Å². The number of carbonyl (C=O) groups is 1. The topological polar surface area (TPSA) is 50.2 Å². The second-order valence-corrected chi connectivity index (χ2v) is 5.92. The third-order valence-corrected chi connectivity index (χ3v) is 3.75. The molecule has 0 amide bonds. The van der Waals surface area contributed by atoms with Crippen molar-refractivity contribution in [3.05, 3.63) is 16.1 Å². The molecule has 1 aromatic rings. The second kappa shape index (κ2) is 5.36. The van der Waals surface area contributed by atoms with Crippen molar-refractivity contribution in [2.75, 3.05) is 0 Å². The number of nitrogens with zero attached hydrogens (tertiary/aromatic N) is 1. The van der Waals surface area contributed by atoms with Crippen LogP contribution in [0.5, 0.6) is 0 Å². The number of hydrogen-bond acceptors (Lipinski definition) is 4. The number of thioether (sulfide) groups is 1. The third kappa shape index (κ3) is 4.11. The second-order valence-electron chi connectivity index (χ2n) is 3.15. The molecule has 0 radical (unpaired) electrons. The van der Waals surface area contributed by atoms with Crippen molar-refractivity contribution >= 4 is 29.1 Å². The number of hydrogen-bond donors (Lipinski definition) is 1. The van der Waals surface area contributed by atoms with Gasteiger partial charge in [-0.1, -0.05) is 13.8 Å². The van der Waals surface area contributed by atoms with Crippen molar-refractivity contribution in [2.45, 2.75) is 31.3 Å². The zero-order valence-corrected chi connectivity index (χ0v) is 9.82. The monoisotopic (exact) mass is 231 g/mol. The van der Waals surface area contributed by atoms with Crippen LogP contribution in [-0.2, 0) is 17.0 Å². The predicted octanol–water partition coefficient (Wildman–Crippen LogP) is 2.41. The van der Waals surface area contributed by atoms with Gasteiger partial charge in [-0.15, -0.1) is 11.3 Å². The molecular formula is C9H13NO2S2. The average Bonchev–Trinajstić information content (AvgIpc) is 2.47. The highest BCUT2D eigenvalue weighted by atomic mass is 32.2. The quantitative estimate of drug-likeness (QED) is 0.845. The number of thiazole rings is 1. The summed E-state index contributed by atoms with van der Waals surface area (Å²) in [6.45, 7) is 4.27. The van der Waals surface area contributed by atoms with Crippen LogP contribution in [0.4, 0.5) is 0 Å². The summed E-state index contributed by atoms with van der Waals surface area (Å²) in [6.07, 6.45) is 1.75. The first-order valence-electron chi connectivity index (χ1n) is 4.35. The molecule has 1 rings (SSSR count). The standard InChI is InChI=1S/C9H13NO2S2/c1-6(2)13-5-8-10-4-7(14-8)3-9(11)12/h4,6H,3,5H2,1-2H3,(H,11,12). The Bertz CT molecular complexity index is 310. The van der Waals surface area contributed by atoms with Crippen molar-refractivity contribution in [3.8, 4) is 0 Å². The molecule has 0 aliphatic rings. The Morgan fingerprint density at radius 3 is 3.00 bits per heavy atom. The predicted molar refractivity (Wildman–Crippen MR) is 59.9 cm³/mol. The lowest BCUT2D eigenvalue weighted by molar-refractivity contribution is -0.136. The van der Waals surface area contributed by atoms with Crippen LogP contribution in [0.2, 0.25) is 0 Å². The van der Waals surface area contributed by atoms with Gasteiger partial charge in [0.1, 0.15) is 5.01 Å². The van der Waals surface area contributed by atoms with Crippen molar-refractivity contribution in [1.82, 2.24) is 4.98 Å². The molecule has 1 N–H and O–H groups in total. The Kier molecular flexibility index (Phi) is 4.41. The van der Waals surface area contributed by atoms with Crippen LogP contribution in [0.15, 0.2) is 6.20 Å². The van der Waals surface area contributed by atoms with E-state index < -0.39 is 5.97 Å². The maximum atomic E-state index is 10.4. The van der Waals surface area contributed by atoms with Gasteiger partial charge in [0.05, 0.1) is 6.42 Å². The summed E-state index contributed by atoms with van der Waals surface area (Å²) < 4.78 is 0. The van der Waals surface area contributed by atoms with Crippen molar-refractivity contribution < 1.29 is 9.90 Å². The van der Waals surface area contributed by atoms with Crippen LogP contribution in [-0.4, -0.2) is 21.3 Å². The summed E-state index contributed by atoms with van der Waals surface area (Å²) >= 11 is 3.31. The molecule has 0 atom stereocenters. The Hall–Kier alpha value is -0.550. The third-order valence-electron chi connectivity index (χ3n) is 1.47. The number of carboxylic acid groups (broad SMARTS) is 1. The van der Waals surface area contributed by atoms with E-state index in [1.165, 1.54) is 11.3 Å². The number of carboxylic acids is 1.